The topological polar surface area (TPSA) is 64.2 Å². The monoisotopic (exact) mass is 280 g/mol. The predicted molar refractivity (Wildman–Crippen MR) is 81.7 cm³/mol. The lowest BCUT2D eigenvalue weighted by Gasteiger charge is -2.21. The maximum atomic E-state index is 12.5. The van der Waals surface area contributed by atoms with E-state index in [0.717, 1.165) is 18.5 Å². The molecule has 1 heterocycles. The van der Waals surface area contributed by atoms with Crippen molar-refractivity contribution in [3.05, 3.63) is 17.5 Å². The van der Waals surface area contributed by atoms with Crippen LogP contribution in [-0.4, -0.2) is 40.2 Å². The first kappa shape index (κ1) is 16.7. The summed E-state index contributed by atoms with van der Waals surface area (Å²) in [7, 11) is 1.83. The molecule has 20 heavy (non-hydrogen) atoms. The van der Waals surface area contributed by atoms with Crippen molar-refractivity contribution in [3.63, 3.8) is 0 Å². The van der Waals surface area contributed by atoms with Gasteiger partial charge in [0.15, 0.2) is 0 Å². The number of nitrogens with two attached hydrogens (primary N) is 1. The Balaban J connectivity index is 2.71. The number of nitrogens with zero attached hydrogens (tertiary/aromatic N) is 3. The fraction of sp³-hybridized carbons (Fsp3) is 0.733. The van der Waals surface area contributed by atoms with Gasteiger partial charge in [0.2, 0.25) is 0 Å². The third-order valence-corrected chi connectivity index (χ3v) is 3.71. The average molecular weight is 280 g/mol. The molecule has 1 aromatic rings. The summed E-state index contributed by atoms with van der Waals surface area (Å²) in [5.41, 5.74) is 7.66. The molecule has 0 radical (unpaired) electrons. The highest BCUT2D eigenvalue weighted by molar-refractivity contribution is 5.92. The molecular weight excluding hydrogens is 252 g/mol. The van der Waals surface area contributed by atoms with Gasteiger partial charge in [-0.05, 0) is 31.7 Å². The van der Waals surface area contributed by atoms with Crippen molar-refractivity contribution in [1.29, 1.82) is 0 Å². The molecule has 0 aliphatic rings. The fourth-order valence-electron chi connectivity index (χ4n) is 2.03. The van der Waals surface area contributed by atoms with E-state index in [-0.39, 0.29) is 11.9 Å². The number of carbonyl (C=O) groups is 1. The first-order valence-electron chi connectivity index (χ1n) is 7.48. The van der Waals surface area contributed by atoms with E-state index in [1.54, 1.807) is 9.58 Å². The molecule has 114 valence electrons. The van der Waals surface area contributed by atoms with Crippen molar-refractivity contribution >= 4 is 5.91 Å². The first-order chi connectivity index (χ1) is 9.40. The normalized spacial score (nSPS) is 12.8. The molecule has 1 amide bonds. The molecule has 0 saturated carbocycles. The van der Waals surface area contributed by atoms with Crippen LogP contribution >= 0.6 is 0 Å². The third kappa shape index (κ3) is 4.07. The molecule has 0 saturated heterocycles. The van der Waals surface area contributed by atoms with Crippen LogP contribution in [0.2, 0.25) is 0 Å². The molecule has 5 heteroatoms. The smallest absolute Gasteiger partial charge is 0.271 e. The number of aryl methyl sites for hydroxylation is 2. The van der Waals surface area contributed by atoms with E-state index >= 15 is 0 Å². The molecule has 1 aromatic heterocycles. The Hall–Kier alpha value is -1.36. The summed E-state index contributed by atoms with van der Waals surface area (Å²) >= 11 is 0. The Labute approximate surface area is 122 Å². The van der Waals surface area contributed by atoms with Crippen LogP contribution in [0.15, 0.2) is 6.07 Å². The summed E-state index contributed by atoms with van der Waals surface area (Å²) in [5.74, 6) is 0.460. The van der Waals surface area contributed by atoms with Crippen LogP contribution in [0.5, 0.6) is 0 Å². The van der Waals surface area contributed by atoms with Crippen molar-refractivity contribution < 1.29 is 4.79 Å². The second kappa shape index (κ2) is 7.43. The van der Waals surface area contributed by atoms with Crippen molar-refractivity contribution in [1.82, 2.24) is 14.7 Å². The van der Waals surface area contributed by atoms with Gasteiger partial charge in [0.1, 0.15) is 5.69 Å². The second-order valence-electron chi connectivity index (χ2n) is 5.61. The predicted octanol–water partition coefficient (Wildman–Crippen LogP) is 1.91. The molecule has 1 unspecified atom stereocenters. The Morgan fingerprint density at radius 2 is 2.10 bits per heavy atom. The van der Waals surface area contributed by atoms with Gasteiger partial charge in [0, 0.05) is 26.2 Å². The van der Waals surface area contributed by atoms with Crippen LogP contribution in [-0.2, 0) is 13.0 Å². The molecule has 0 aliphatic carbocycles. The van der Waals surface area contributed by atoms with E-state index in [2.05, 4.69) is 18.9 Å². The molecule has 1 rings (SSSR count). The summed E-state index contributed by atoms with van der Waals surface area (Å²) in [4.78, 5) is 14.2. The van der Waals surface area contributed by atoms with E-state index < -0.39 is 0 Å². The number of hydrogen-bond acceptors (Lipinski definition) is 3. The summed E-state index contributed by atoms with van der Waals surface area (Å²) in [6.07, 6.45) is 1.66. The van der Waals surface area contributed by atoms with Crippen molar-refractivity contribution in [2.75, 3.05) is 13.6 Å². The minimum absolute atomic E-state index is 0.0232. The van der Waals surface area contributed by atoms with Crippen molar-refractivity contribution in [2.24, 2.45) is 11.7 Å². The van der Waals surface area contributed by atoms with Crippen molar-refractivity contribution in [3.8, 4) is 0 Å². The van der Waals surface area contributed by atoms with Gasteiger partial charge in [-0.2, -0.15) is 5.10 Å². The zero-order valence-corrected chi connectivity index (χ0v) is 13.4. The summed E-state index contributed by atoms with van der Waals surface area (Å²) in [6.45, 7) is 9.63. The molecule has 5 nitrogen and oxygen atoms in total. The molecule has 0 bridgehead atoms. The van der Waals surface area contributed by atoms with Gasteiger partial charge in [0.05, 0.1) is 5.69 Å². The lowest BCUT2D eigenvalue weighted by atomic mass is 10.0. The Morgan fingerprint density at radius 1 is 1.45 bits per heavy atom. The van der Waals surface area contributed by atoms with Crippen LogP contribution in [0.25, 0.3) is 0 Å². The van der Waals surface area contributed by atoms with Gasteiger partial charge in [-0.3, -0.25) is 9.48 Å². The SMILES string of the molecule is CCc1cc(C(=O)N(C)CCC(N)C(C)C)n(CC)n1. The quantitative estimate of drug-likeness (QED) is 0.830. The standard InChI is InChI=1S/C15H28N4O/c1-6-12-10-14(19(7-2)17-12)15(20)18(5)9-8-13(16)11(3)4/h10-11,13H,6-9,16H2,1-5H3. The molecule has 1 atom stereocenters. The molecule has 2 N–H and O–H groups in total. The molecule has 0 aliphatic heterocycles. The molecule has 0 spiro atoms. The highest BCUT2D eigenvalue weighted by atomic mass is 16.2. The number of carbonyl (C=O) groups excluding carboxylic acids is 1. The van der Waals surface area contributed by atoms with Gasteiger partial charge in [-0.15, -0.1) is 0 Å². The third-order valence-electron chi connectivity index (χ3n) is 3.71. The van der Waals surface area contributed by atoms with Gasteiger partial charge < -0.3 is 10.6 Å². The number of amides is 1. The van der Waals surface area contributed by atoms with Gasteiger partial charge in [-0.1, -0.05) is 20.8 Å². The van der Waals surface area contributed by atoms with E-state index in [1.165, 1.54) is 0 Å². The first-order valence-corrected chi connectivity index (χ1v) is 7.48. The minimum atomic E-state index is 0.0232. The van der Waals surface area contributed by atoms with Crippen molar-refractivity contribution in [2.45, 2.75) is 53.1 Å². The maximum Gasteiger partial charge on any atom is 0.271 e. The second-order valence-corrected chi connectivity index (χ2v) is 5.61. The highest BCUT2D eigenvalue weighted by Gasteiger charge is 2.19. The van der Waals surface area contributed by atoms with Gasteiger partial charge in [0.25, 0.3) is 5.91 Å². The lowest BCUT2D eigenvalue weighted by Crippen LogP contribution is -2.35. The molecule has 0 aromatic carbocycles. The minimum Gasteiger partial charge on any atom is -0.340 e. The van der Waals surface area contributed by atoms with Crippen LogP contribution in [0.4, 0.5) is 0 Å². The summed E-state index contributed by atoms with van der Waals surface area (Å²) < 4.78 is 1.78. The zero-order valence-electron chi connectivity index (χ0n) is 13.4. The maximum absolute atomic E-state index is 12.5. The molecule has 0 fully saturated rings. The van der Waals surface area contributed by atoms with Gasteiger partial charge in [-0.25, -0.2) is 0 Å². The molecular formula is C15H28N4O. The van der Waals surface area contributed by atoms with E-state index in [9.17, 15) is 4.79 Å². The number of aromatic nitrogens is 2. The summed E-state index contributed by atoms with van der Waals surface area (Å²) in [6, 6.07) is 2.03. The largest absolute Gasteiger partial charge is 0.340 e. The van der Waals surface area contributed by atoms with Crippen LogP contribution in [0.3, 0.4) is 0 Å². The Kier molecular flexibility index (Phi) is 6.20. The van der Waals surface area contributed by atoms with Crippen LogP contribution < -0.4 is 5.73 Å². The summed E-state index contributed by atoms with van der Waals surface area (Å²) in [5, 5.41) is 4.42. The Morgan fingerprint density at radius 3 is 2.60 bits per heavy atom. The van der Waals surface area contributed by atoms with Gasteiger partial charge >= 0.3 is 0 Å². The van der Waals surface area contributed by atoms with Crippen LogP contribution in [0, 0.1) is 5.92 Å². The lowest BCUT2D eigenvalue weighted by molar-refractivity contribution is 0.0777. The number of rotatable bonds is 7. The number of hydrogen-bond donors (Lipinski definition) is 1. The average Bonchev–Trinajstić information content (AvgIpc) is 2.86. The fourth-order valence-corrected chi connectivity index (χ4v) is 2.03. The van der Waals surface area contributed by atoms with E-state index in [4.69, 9.17) is 5.73 Å². The van der Waals surface area contributed by atoms with E-state index in [1.807, 2.05) is 27.0 Å². The van der Waals surface area contributed by atoms with Crippen LogP contribution in [0.1, 0.15) is 50.3 Å². The Bertz CT molecular complexity index is 439. The van der Waals surface area contributed by atoms with E-state index in [0.29, 0.717) is 24.7 Å². The zero-order chi connectivity index (χ0) is 15.3. The highest BCUT2D eigenvalue weighted by Crippen LogP contribution is 2.10.